The Hall–Kier alpha value is -2.19. The largest absolute Gasteiger partial charge is 0.482 e. The number of benzene rings is 1. The van der Waals surface area contributed by atoms with E-state index in [2.05, 4.69) is 5.32 Å². The molecule has 0 radical (unpaired) electrons. The second-order valence-corrected chi connectivity index (χ2v) is 4.41. The van der Waals surface area contributed by atoms with E-state index in [0.717, 1.165) is 0 Å². The van der Waals surface area contributed by atoms with Gasteiger partial charge in [-0.2, -0.15) is 0 Å². The molecule has 0 aromatic heterocycles. The fourth-order valence-electron chi connectivity index (χ4n) is 2.02. The van der Waals surface area contributed by atoms with Crippen molar-refractivity contribution in [2.45, 2.75) is 6.10 Å². The molecule has 1 amide bonds. The molecular formula is C12H15N3O5. The van der Waals surface area contributed by atoms with Gasteiger partial charge >= 0.3 is 0 Å². The van der Waals surface area contributed by atoms with Crippen molar-refractivity contribution in [3.8, 4) is 5.75 Å². The van der Waals surface area contributed by atoms with Gasteiger partial charge in [0.1, 0.15) is 5.75 Å². The van der Waals surface area contributed by atoms with Crippen LogP contribution in [0.3, 0.4) is 0 Å². The van der Waals surface area contributed by atoms with E-state index in [9.17, 15) is 20.0 Å². The summed E-state index contributed by atoms with van der Waals surface area (Å²) in [6.07, 6.45) is -0.769. The van der Waals surface area contributed by atoms with Crippen LogP contribution in [0.1, 0.15) is 0 Å². The maximum Gasteiger partial charge on any atom is 0.271 e. The number of carbonyl (C=O) groups excluding carboxylic acids is 1. The van der Waals surface area contributed by atoms with Gasteiger partial charge in [0.25, 0.3) is 11.6 Å². The van der Waals surface area contributed by atoms with Crippen molar-refractivity contribution in [2.75, 3.05) is 31.6 Å². The van der Waals surface area contributed by atoms with E-state index in [1.54, 1.807) is 7.05 Å². The molecule has 20 heavy (non-hydrogen) atoms. The van der Waals surface area contributed by atoms with Gasteiger partial charge in [0.2, 0.25) is 0 Å². The molecule has 1 unspecified atom stereocenters. The third-order valence-electron chi connectivity index (χ3n) is 2.93. The maximum absolute atomic E-state index is 11.9. The Balaban J connectivity index is 2.31. The molecule has 0 spiro atoms. The number of nitrogens with one attached hydrogen (secondary N) is 1. The first-order valence-corrected chi connectivity index (χ1v) is 6.07. The summed E-state index contributed by atoms with van der Waals surface area (Å²) in [5.41, 5.74) is 0.181. The summed E-state index contributed by atoms with van der Waals surface area (Å²) in [6, 6.07) is 4.05. The van der Waals surface area contributed by atoms with Gasteiger partial charge in [-0.3, -0.25) is 14.9 Å². The van der Waals surface area contributed by atoms with Crippen molar-refractivity contribution >= 4 is 17.3 Å². The topological polar surface area (TPSA) is 105 Å². The number of ether oxygens (including phenoxy) is 1. The lowest BCUT2D eigenvalue weighted by molar-refractivity contribution is -0.384. The van der Waals surface area contributed by atoms with Crippen LogP contribution >= 0.6 is 0 Å². The smallest absolute Gasteiger partial charge is 0.271 e. The first kappa shape index (κ1) is 14.2. The number of β-amino-alcohol motifs (C(OH)–C–C–N with tert-alkyl or cyclic N) is 1. The quantitative estimate of drug-likeness (QED) is 0.577. The number of aliphatic hydroxyl groups is 1. The van der Waals surface area contributed by atoms with E-state index < -0.39 is 11.0 Å². The predicted molar refractivity (Wildman–Crippen MR) is 70.9 cm³/mol. The summed E-state index contributed by atoms with van der Waals surface area (Å²) in [7, 11) is 1.68. The lowest BCUT2D eigenvalue weighted by Crippen LogP contribution is -2.45. The molecule has 8 nitrogen and oxygen atoms in total. The minimum Gasteiger partial charge on any atom is -0.482 e. The number of likely N-dealkylation sites (N-methyl/N-ethyl adjacent to an activating group) is 1. The Morgan fingerprint density at radius 1 is 1.60 bits per heavy atom. The van der Waals surface area contributed by atoms with Crippen LogP contribution in [0.5, 0.6) is 5.75 Å². The molecule has 0 aliphatic carbocycles. The summed E-state index contributed by atoms with van der Waals surface area (Å²) in [6.45, 7) is 0.225. The van der Waals surface area contributed by atoms with Crippen LogP contribution in [0.2, 0.25) is 0 Å². The van der Waals surface area contributed by atoms with Crippen LogP contribution in [0.4, 0.5) is 11.4 Å². The predicted octanol–water partition coefficient (Wildman–Crippen LogP) is -0.0995. The Labute approximate surface area is 115 Å². The molecule has 1 atom stereocenters. The van der Waals surface area contributed by atoms with Crippen LogP contribution in [0.25, 0.3) is 0 Å². The molecular weight excluding hydrogens is 266 g/mol. The highest BCUT2D eigenvalue weighted by molar-refractivity contribution is 5.98. The van der Waals surface area contributed by atoms with E-state index in [-0.39, 0.29) is 24.7 Å². The summed E-state index contributed by atoms with van der Waals surface area (Å²) < 4.78 is 5.23. The third kappa shape index (κ3) is 2.86. The van der Waals surface area contributed by atoms with Gasteiger partial charge in [-0.1, -0.05) is 0 Å². The Morgan fingerprint density at radius 2 is 2.35 bits per heavy atom. The first-order chi connectivity index (χ1) is 9.52. The van der Waals surface area contributed by atoms with E-state index >= 15 is 0 Å². The van der Waals surface area contributed by atoms with Crippen LogP contribution in [-0.2, 0) is 4.79 Å². The molecule has 0 saturated carbocycles. The zero-order chi connectivity index (χ0) is 14.7. The van der Waals surface area contributed by atoms with Crippen LogP contribution in [0, 0.1) is 10.1 Å². The molecule has 2 rings (SSSR count). The van der Waals surface area contributed by atoms with Crippen molar-refractivity contribution < 1.29 is 19.6 Å². The fourth-order valence-corrected chi connectivity index (χ4v) is 2.02. The van der Waals surface area contributed by atoms with Gasteiger partial charge in [-0.05, 0) is 13.1 Å². The molecule has 108 valence electrons. The first-order valence-electron chi connectivity index (χ1n) is 6.07. The normalized spacial score (nSPS) is 15.5. The van der Waals surface area contributed by atoms with Gasteiger partial charge in [0, 0.05) is 18.7 Å². The number of rotatable bonds is 5. The Kier molecular flexibility index (Phi) is 4.16. The summed E-state index contributed by atoms with van der Waals surface area (Å²) >= 11 is 0. The SMILES string of the molecule is CNCC(O)CN1C(=O)COc2ccc([N+](=O)[O-])cc21. The number of anilines is 1. The van der Waals surface area contributed by atoms with Crippen LogP contribution in [0.15, 0.2) is 18.2 Å². The molecule has 1 aromatic rings. The Morgan fingerprint density at radius 3 is 3.00 bits per heavy atom. The molecule has 1 aliphatic heterocycles. The van der Waals surface area contributed by atoms with Gasteiger partial charge in [0.15, 0.2) is 6.61 Å². The van der Waals surface area contributed by atoms with E-state index in [4.69, 9.17) is 4.74 Å². The van der Waals surface area contributed by atoms with Crippen LogP contribution in [-0.4, -0.2) is 48.8 Å². The molecule has 0 saturated heterocycles. The fraction of sp³-hybridized carbons (Fsp3) is 0.417. The average Bonchev–Trinajstić information content (AvgIpc) is 2.41. The van der Waals surface area contributed by atoms with E-state index in [1.165, 1.54) is 23.1 Å². The van der Waals surface area contributed by atoms with Crippen molar-refractivity contribution in [3.63, 3.8) is 0 Å². The minimum atomic E-state index is -0.769. The number of amides is 1. The third-order valence-corrected chi connectivity index (χ3v) is 2.93. The molecule has 0 bridgehead atoms. The standard InChI is InChI=1S/C12H15N3O5/c1-13-5-9(16)6-14-10-4-8(15(18)19)2-3-11(10)20-7-12(14)17/h2-4,9,13,16H,5-7H2,1H3. The zero-order valence-electron chi connectivity index (χ0n) is 10.9. The van der Waals surface area contributed by atoms with Gasteiger partial charge in [-0.25, -0.2) is 0 Å². The molecule has 2 N–H and O–H groups in total. The second kappa shape index (κ2) is 5.85. The van der Waals surface area contributed by atoms with Crippen molar-refractivity contribution in [1.29, 1.82) is 0 Å². The number of hydrogen-bond donors (Lipinski definition) is 2. The summed E-state index contributed by atoms with van der Waals surface area (Å²) in [4.78, 5) is 23.5. The maximum atomic E-state index is 11.9. The van der Waals surface area contributed by atoms with Gasteiger partial charge < -0.3 is 20.1 Å². The lowest BCUT2D eigenvalue weighted by atomic mass is 10.2. The lowest BCUT2D eigenvalue weighted by Gasteiger charge is -2.30. The van der Waals surface area contributed by atoms with E-state index in [0.29, 0.717) is 18.0 Å². The molecule has 1 aromatic carbocycles. The van der Waals surface area contributed by atoms with E-state index in [1.807, 2.05) is 0 Å². The number of nitro groups is 1. The number of hydrogen-bond acceptors (Lipinski definition) is 6. The monoisotopic (exact) mass is 281 g/mol. The molecule has 0 fully saturated rings. The number of nitro benzene ring substituents is 1. The molecule has 8 heteroatoms. The number of aliphatic hydroxyl groups excluding tert-OH is 1. The molecule has 1 heterocycles. The number of non-ortho nitro benzene ring substituents is 1. The zero-order valence-corrected chi connectivity index (χ0v) is 10.9. The average molecular weight is 281 g/mol. The number of fused-ring (bicyclic) bond motifs is 1. The number of nitrogens with zero attached hydrogens (tertiary/aromatic N) is 2. The second-order valence-electron chi connectivity index (χ2n) is 4.41. The van der Waals surface area contributed by atoms with Crippen molar-refractivity contribution in [1.82, 2.24) is 5.32 Å². The molecule has 1 aliphatic rings. The van der Waals surface area contributed by atoms with Crippen molar-refractivity contribution in [3.05, 3.63) is 28.3 Å². The Bertz CT molecular complexity index is 534. The van der Waals surface area contributed by atoms with Crippen molar-refractivity contribution in [2.24, 2.45) is 0 Å². The van der Waals surface area contributed by atoms with Gasteiger partial charge in [0.05, 0.1) is 23.3 Å². The highest BCUT2D eigenvalue weighted by Gasteiger charge is 2.28. The number of carbonyl (C=O) groups is 1. The summed E-state index contributed by atoms with van der Waals surface area (Å²) in [5, 5.41) is 23.4. The van der Waals surface area contributed by atoms with Gasteiger partial charge in [-0.15, -0.1) is 0 Å². The summed E-state index contributed by atoms with van der Waals surface area (Å²) in [5.74, 6) is 0.0556. The van der Waals surface area contributed by atoms with Crippen LogP contribution < -0.4 is 15.0 Å². The highest BCUT2D eigenvalue weighted by atomic mass is 16.6. The highest BCUT2D eigenvalue weighted by Crippen LogP contribution is 2.35. The minimum absolute atomic E-state index is 0.0528.